The van der Waals surface area contributed by atoms with E-state index in [4.69, 9.17) is 5.73 Å². The molecule has 0 saturated carbocycles. The van der Waals surface area contributed by atoms with E-state index in [1.807, 2.05) is 23.6 Å². The van der Waals surface area contributed by atoms with E-state index >= 15 is 0 Å². The van der Waals surface area contributed by atoms with Gasteiger partial charge in [0.1, 0.15) is 11.6 Å². The number of nitrogens with one attached hydrogen (secondary N) is 1. The molecule has 1 atom stereocenters. The summed E-state index contributed by atoms with van der Waals surface area (Å²) in [7, 11) is 0. The fraction of sp³-hybridized carbons (Fsp3) is 0.0588. The zero-order valence-corrected chi connectivity index (χ0v) is 15.4. The summed E-state index contributed by atoms with van der Waals surface area (Å²) in [6.45, 7) is 0. The van der Waals surface area contributed by atoms with E-state index in [0.29, 0.717) is 5.56 Å². The van der Waals surface area contributed by atoms with Crippen LogP contribution in [0, 0.1) is 3.57 Å². The zero-order chi connectivity index (χ0) is 17.1. The molecule has 7 heteroatoms. The molecule has 122 valence electrons. The van der Waals surface area contributed by atoms with Gasteiger partial charge >= 0.3 is 0 Å². The lowest BCUT2D eigenvalue weighted by Crippen LogP contribution is -2.29. The van der Waals surface area contributed by atoms with Crippen LogP contribution in [0.4, 0.5) is 5.82 Å². The summed E-state index contributed by atoms with van der Waals surface area (Å²) in [4.78, 5) is 17.7. The number of phenolic OH excluding ortho intramolecular Hbond substituents is 1. The summed E-state index contributed by atoms with van der Waals surface area (Å²) in [5.74, 6) is 0.0350. The van der Waals surface area contributed by atoms with Gasteiger partial charge in [-0.3, -0.25) is 4.79 Å². The van der Waals surface area contributed by atoms with E-state index in [-0.39, 0.29) is 23.5 Å². The molecular formula is C17H14IN3O2S. The highest BCUT2D eigenvalue weighted by Gasteiger charge is 2.21. The molecule has 0 fully saturated rings. The molecular weight excluding hydrogens is 437 g/mol. The number of rotatable bonds is 4. The number of amides is 1. The molecule has 1 amide bonds. The van der Waals surface area contributed by atoms with Gasteiger partial charge in [-0.1, -0.05) is 18.2 Å². The second-order valence-corrected chi connectivity index (χ2v) is 7.33. The van der Waals surface area contributed by atoms with Gasteiger partial charge in [-0.05, 0) is 57.8 Å². The minimum atomic E-state index is -0.373. The Kier molecular flexibility index (Phi) is 5.00. The Morgan fingerprint density at radius 2 is 2.12 bits per heavy atom. The van der Waals surface area contributed by atoms with Crippen LogP contribution >= 0.6 is 33.9 Å². The van der Waals surface area contributed by atoms with Gasteiger partial charge < -0.3 is 16.2 Å². The number of thiophene rings is 1. The number of phenols is 1. The lowest BCUT2D eigenvalue weighted by molar-refractivity contribution is 0.0944. The number of hydrogen-bond donors (Lipinski definition) is 3. The molecule has 3 rings (SSSR count). The summed E-state index contributed by atoms with van der Waals surface area (Å²) in [5, 5.41) is 14.7. The SMILES string of the molecule is Nc1ncc(I)cc1C(=O)NC(c1cccc(O)c1)c1cccs1. The highest BCUT2D eigenvalue weighted by Crippen LogP contribution is 2.28. The van der Waals surface area contributed by atoms with E-state index in [1.54, 1.807) is 30.5 Å². The average Bonchev–Trinajstić information content (AvgIpc) is 3.09. The van der Waals surface area contributed by atoms with Crippen molar-refractivity contribution in [2.24, 2.45) is 0 Å². The molecule has 4 N–H and O–H groups in total. The van der Waals surface area contributed by atoms with Gasteiger partial charge in [0.05, 0.1) is 11.6 Å². The third kappa shape index (κ3) is 3.68. The van der Waals surface area contributed by atoms with Gasteiger partial charge in [0, 0.05) is 14.6 Å². The Balaban J connectivity index is 1.95. The molecule has 0 saturated heterocycles. The van der Waals surface area contributed by atoms with Crippen molar-refractivity contribution >= 4 is 45.7 Å². The number of aromatic nitrogens is 1. The van der Waals surface area contributed by atoms with Crippen molar-refractivity contribution in [3.63, 3.8) is 0 Å². The summed E-state index contributed by atoms with van der Waals surface area (Å²) in [6, 6.07) is 12.0. The number of nitrogens with zero attached hydrogens (tertiary/aromatic N) is 1. The van der Waals surface area contributed by atoms with E-state index in [0.717, 1.165) is 14.0 Å². The number of aromatic hydroxyl groups is 1. The lowest BCUT2D eigenvalue weighted by Gasteiger charge is -2.19. The van der Waals surface area contributed by atoms with Crippen molar-refractivity contribution in [2.45, 2.75) is 6.04 Å². The normalized spacial score (nSPS) is 11.9. The van der Waals surface area contributed by atoms with E-state index in [2.05, 4.69) is 32.9 Å². The standard InChI is InChI=1S/C17H14IN3O2S/c18-11-8-13(16(19)20-9-11)17(23)21-15(14-5-2-6-24-14)10-3-1-4-12(22)7-10/h1-9,15,22H,(H2,19,20)(H,21,23). The first-order valence-corrected chi connectivity index (χ1v) is 9.04. The molecule has 0 spiro atoms. The molecule has 2 aromatic heterocycles. The second kappa shape index (κ2) is 7.18. The zero-order valence-electron chi connectivity index (χ0n) is 12.4. The van der Waals surface area contributed by atoms with Crippen LogP contribution in [0.3, 0.4) is 0 Å². The molecule has 0 radical (unpaired) electrons. The van der Waals surface area contributed by atoms with Crippen LogP contribution in [0.2, 0.25) is 0 Å². The average molecular weight is 451 g/mol. The van der Waals surface area contributed by atoms with Crippen LogP contribution in [0.15, 0.2) is 54.0 Å². The number of anilines is 1. The number of halogens is 1. The number of carbonyl (C=O) groups is 1. The molecule has 3 aromatic rings. The first-order valence-electron chi connectivity index (χ1n) is 7.09. The smallest absolute Gasteiger partial charge is 0.255 e. The Morgan fingerprint density at radius 3 is 2.83 bits per heavy atom. The minimum absolute atomic E-state index is 0.152. The number of pyridine rings is 1. The molecule has 2 heterocycles. The molecule has 0 aliphatic rings. The summed E-state index contributed by atoms with van der Waals surface area (Å²) in [6.07, 6.45) is 1.61. The van der Waals surface area contributed by atoms with Crippen molar-refractivity contribution in [2.75, 3.05) is 5.73 Å². The summed E-state index contributed by atoms with van der Waals surface area (Å²) in [5.41, 5.74) is 6.97. The molecule has 1 unspecified atom stereocenters. The van der Waals surface area contributed by atoms with Crippen molar-refractivity contribution in [1.82, 2.24) is 10.3 Å². The predicted octanol–water partition coefficient (Wildman–Crippen LogP) is 3.55. The molecule has 1 aromatic carbocycles. The maximum Gasteiger partial charge on any atom is 0.255 e. The van der Waals surface area contributed by atoms with Crippen molar-refractivity contribution < 1.29 is 9.90 Å². The molecule has 5 nitrogen and oxygen atoms in total. The molecule has 0 bridgehead atoms. The first-order chi connectivity index (χ1) is 11.5. The van der Waals surface area contributed by atoms with Crippen LogP contribution in [-0.2, 0) is 0 Å². The van der Waals surface area contributed by atoms with Crippen LogP contribution in [0.1, 0.15) is 26.8 Å². The van der Waals surface area contributed by atoms with Gasteiger partial charge in [0.15, 0.2) is 0 Å². The third-order valence-electron chi connectivity index (χ3n) is 3.44. The fourth-order valence-corrected chi connectivity index (χ4v) is 3.57. The van der Waals surface area contributed by atoms with Gasteiger partial charge in [0.2, 0.25) is 0 Å². The second-order valence-electron chi connectivity index (χ2n) is 5.10. The van der Waals surface area contributed by atoms with Gasteiger partial charge in [-0.25, -0.2) is 4.98 Å². The maximum absolute atomic E-state index is 12.7. The van der Waals surface area contributed by atoms with Crippen molar-refractivity contribution in [1.29, 1.82) is 0 Å². The quantitative estimate of drug-likeness (QED) is 0.530. The number of nitrogen functional groups attached to an aromatic ring is 1. The van der Waals surface area contributed by atoms with Crippen LogP contribution < -0.4 is 11.1 Å². The number of benzene rings is 1. The first kappa shape index (κ1) is 16.7. The van der Waals surface area contributed by atoms with Crippen LogP contribution in [0.5, 0.6) is 5.75 Å². The largest absolute Gasteiger partial charge is 0.508 e. The van der Waals surface area contributed by atoms with Gasteiger partial charge in [-0.15, -0.1) is 11.3 Å². The maximum atomic E-state index is 12.7. The van der Waals surface area contributed by atoms with Gasteiger partial charge in [-0.2, -0.15) is 0 Å². The molecule has 0 aliphatic carbocycles. The number of hydrogen-bond acceptors (Lipinski definition) is 5. The van der Waals surface area contributed by atoms with Crippen LogP contribution in [-0.4, -0.2) is 16.0 Å². The van der Waals surface area contributed by atoms with E-state index in [1.165, 1.54) is 11.3 Å². The fourth-order valence-electron chi connectivity index (χ4n) is 2.32. The monoisotopic (exact) mass is 451 g/mol. The lowest BCUT2D eigenvalue weighted by atomic mass is 10.0. The minimum Gasteiger partial charge on any atom is -0.508 e. The summed E-state index contributed by atoms with van der Waals surface area (Å²) >= 11 is 3.62. The Bertz CT molecular complexity index is 868. The van der Waals surface area contributed by atoms with E-state index < -0.39 is 0 Å². The predicted molar refractivity (Wildman–Crippen MR) is 103 cm³/mol. The highest BCUT2D eigenvalue weighted by atomic mass is 127. The molecule has 24 heavy (non-hydrogen) atoms. The Labute approximate surface area is 156 Å². The third-order valence-corrected chi connectivity index (χ3v) is 4.96. The topological polar surface area (TPSA) is 88.2 Å². The van der Waals surface area contributed by atoms with Gasteiger partial charge in [0.25, 0.3) is 5.91 Å². The molecule has 0 aliphatic heterocycles. The van der Waals surface area contributed by atoms with Crippen molar-refractivity contribution in [3.8, 4) is 5.75 Å². The number of nitrogens with two attached hydrogens (primary N) is 1. The number of carbonyl (C=O) groups excluding carboxylic acids is 1. The van der Waals surface area contributed by atoms with Crippen molar-refractivity contribution in [3.05, 3.63) is 73.6 Å². The summed E-state index contributed by atoms with van der Waals surface area (Å²) < 4.78 is 0.831. The Morgan fingerprint density at radius 1 is 1.29 bits per heavy atom. The van der Waals surface area contributed by atoms with E-state index in [9.17, 15) is 9.90 Å². The highest BCUT2D eigenvalue weighted by molar-refractivity contribution is 14.1. The van der Waals surface area contributed by atoms with Crippen LogP contribution in [0.25, 0.3) is 0 Å². The Hall–Kier alpha value is -2.13.